The summed E-state index contributed by atoms with van der Waals surface area (Å²) in [5.74, 6) is 0.886. The van der Waals surface area contributed by atoms with E-state index in [1.165, 1.54) is 6.33 Å². The van der Waals surface area contributed by atoms with E-state index in [1.807, 2.05) is 26.8 Å². The molecule has 3 N–H and O–H groups in total. The smallest absolute Gasteiger partial charge is 0.248 e. The van der Waals surface area contributed by atoms with E-state index in [4.69, 9.17) is 15.0 Å². The third kappa shape index (κ3) is 5.57. The molecule has 182 valence electrons. The second-order valence-corrected chi connectivity index (χ2v) is 11.0. The maximum Gasteiger partial charge on any atom is 0.248 e. The standard InChI is InChI=1S/C24H26N6O4S/c1-13-8-17(30-35(4,5)32)11-19-22(13)24(27-12-26-19)28-18-7-6-16(23(25)31)10-21(18)33-15(3)20-9-14(2)29-34-20/h6-12,15H,1-5H3,(H2,25,31)(H,26,27,28). The second kappa shape index (κ2) is 9.34. The summed E-state index contributed by atoms with van der Waals surface area (Å²) in [5, 5.41) is 7.96. The lowest BCUT2D eigenvalue weighted by Gasteiger charge is -2.18. The minimum absolute atomic E-state index is 0.296. The van der Waals surface area contributed by atoms with Crippen molar-refractivity contribution in [2.24, 2.45) is 10.1 Å². The van der Waals surface area contributed by atoms with Crippen molar-refractivity contribution in [3.8, 4) is 5.75 Å². The second-order valence-electron chi connectivity index (χ2n) is 8.48. The highest BCUT2D eigenvalue weighted by Crippen LogP contribution is 2.35. The van der Waals surface area contributed by atoms with Gasteiger partial charge in [0, 0.05) is 39.3 Å². The molecule has 0 aliphatic heterocycles. The van der Waals surface area contributed by atoms with E-state index in [9.17, 15) is 9.00 Å². The van der Waals surface area contributed by atoms with Gasteiger partial charge in [-0.05, 0) is 56.7 Å². The summed E-state index contributed by atoms with van der Waals surface area (Å²) >= 11 is 0. The Morgan fingerprint density at radius 3 is 2.60 bits per heavy atom. The maximum atomic E-state index is 12.1. The number of hydrogen-bond acceptors (Lipinski definition) is 9. The van der Waals surface area contributed by atoms with Gasteiger partial charge in [-0.1, -0.05) is 5.16 Å². The monoisotopic (exact) mass is 494 g/mol. The van der Waals surface area contributed by atoms with Crippen LogP contribution in [-0.2, 0) is 9.73 Å². The fourth-order valence-corrected chi connectivity index (χ4v) is 4.21. The largest absolute Gasteiger partial charge is 0.480 e. The number of carbonyl (C=O) groups is 1. The van der Waals surface area contributed by atoms with E-state index in [-0.39, 0.29) is 0 Å². The van der Waals surface area contributed by atoms with Crippen LogP contribution in [0.25, 0.3) is 10.9 Å². The zero-order valence-corrected chi connectivity index (χ0v) is 20.8. The molecule has 0 spiro atoms. The van der Waals surface area contributed by atoms with E-state index in [2.05, 4.69) is 24.8 Å². The van der Waals surface area contributed by atoms with Crippen molar-refractivity contribution in [3.05, 3.63) is 65.3 Å². The molecule has 1 amide bonds. The van der Waals surface area contributed by atoms with E-state index in [0.29, 0.717) is 39.8 Å². The van der Waals surface area contributed by atoms with Crippen molar-refractivity contribution in [1.82, 2.24) is 15.1 Å². The van der Waals surface area contributed by atoms with Gasteiger partial charge in [-0.25, -0.2) is 14.2 Å². The number of ether oxygens (including phenoxy) is 1. The summed E-state index contributed by atoms with van der Waals surface area (Å²) in [5.41, 5.74) is 9.17. The van der Waals surface area contributed by atoms with Crippen molar-refractivity contribution in [2.75, 3.05) is 17.8 Å². The number of carbonyl (C=O) groups excluding carboxylic acids is 1. The fraction of sp³-hybridized carbons (Fsp3) is 0.250. The summed E-state index contributed by atoms with van der Waals surface area (Å²) in [4.78, 5) is 20.6. The summed E-state index contributed by atoms with van der Waals surface area (Å²) in [6, 6.07) is 10.3. The zero-order valence-electron chi connectivity index (χ0n) is 20.0. The van der Waals surface area contributed by atoms with Crippen LogP contribution in [0.1, 0.15) is 40.4 Å². The molecule has 0 saturated carbocycles. The van der Waals surface area contributed by atoms with Gasteiger partial charge in [-0.15, -0.1) is 0 Å². The van der Waals surface area contributed by atoms with Crippen molar-refractivity contribution >= 4 is 43.7 Å². The first-order valence-electron chi connectivity index (χ1n) is 10.7. The molecule has 2 aromatic carbocycles. The molecule has 35 heavy (non-hydrogen) atoms. The van der Waals surface area contributed by atoms with Crippen molar-refractivity contribution < 1.29 is 18.3 Å². The van der Waals surface area contributed by atoms with Crippen molar-refractivity contribution in [3.63, 3.8) is 0 Å². The minimum atomic E-state index is -2.32. The normalized spacial score (nSPS) is 12.4. The Morgan fingerprint density at radius 2 is 1.94 bits per heavy atom. The molecule has 4 aromatic rings. The highest BCUT2D eigenvalue weighted by atomic mass is 32.2. The van der Waals surface area contributed by atoms with Crippen LogP contribution in [0.5, 0.6) is 5.75 Å². The molecule has 10 nitrogen and oxygen atoms in total. The summed E-state index contributed by atoms with van der Waals surface area (Å²) in [6.45, 7) is 5.54. The van der Waals surface area contributed by atoms with Gasteiger partial charge in [0.2, 0.25) is 5.91 Å². The third-order valence-corrected chi connectivity index (χ3v) is 5.77. The van der Waals surface area contributed by atoms with Crippen LogP contribution in [0.4, 0.5) is 17.2 Å². The molecule has 11 heteroatoms. The van der Waals surface area contributed by atoms with Gasteiger partial charge in [0.25, 0.3) is 0 Å². The summed E-state index contributed by atoms with van der Waals surface area (Å²) in [7, 11) is -2.32. The fourth-order valence-electron chi connectivity index (χ4n) is 3.60. The van der Waals surface area contributed by atoms with Crippen LogP contribution >= 0.6 is 0 Å². The number of nitrogens with zero attached hydrogens (tertiary/aromatic N) is 4. The number of nitrogens with two attached hydrogens (primary N) is 1. The number of aryl methyl sites for hydroxylation is 2. The number of hydrogen-bond donors (Lipinski definition) is 2. The Balaban J connectivity index is 1.76. The van der Waals surface area contributed by atoms with Gasteiger partial charge < -0.3 is 20.3 Å². The van der Waals surface area contributed by atoms with E-state index in [0.717, 1.165) is 16.6 Å². The van der Waals surface area contributed by atoms with Gasteiger partial charge in [0.05, 0.1) is 22.6 Å². The van der Waals surface area contributed by atoms with Crippen LogP contribution < -0.4 is 15.8 Å². The summed E-state index contributed by atoms with van der Waals surface area (Å²) in [6.07, 6.45) is 4.11. The van der Waals surface area contributed by atoms with Gasteiger partial charge in [-0.2, -0.15) is 4.36 Å². The first-order valence-corrected chi connectivity index (χ1v) is 13.1. The molecular formula is C24H26N6O4S. The lowest BCUT2D eigenvalue weighted by Crippen LogP contribution is -2.12. The molecule has 2 heterocycles. The first-order chi connectivity index (χ1) is 16.5. The Morgan fingerprint density at radius 1 is 1.17 bits per heavy atom. The Labute approximate surface area is 203 Å². The minimum Gasteiger partial charge on any atom is -0.480 e. The van der Waals surface area contributed by atoms with Gasteiger partial charge in [-0.3, -0.25) is 4.79 Å². The Hall–Kier alpha value is -3.99. The number of anilines is 2. The molecule has 0 aliphatic rings. The maximum absolute atomic E-state index is 12.1. The highest BCUT2D eigenvalue weighted by Gasteiger charge is 2.18. The van der Waals surface area contributed by atoms with Crippen LogP contribution in [0.2, 0.25) is 0 Å². The quantitative estimate of drug-likeness (QED) is 0.380. The average Bonchev–Trinajstić information content (AvgIpc) is 3.20. The number of rotatable bonds is 7. The topological polar surface area (TPSA) is 146 Å². The van der Waals surface area contributed by atoms with E-state index >= 15 is 0 Å². The van der Waals surface area contributed by atoms with Crippen molar-refractivity contribution in [1.29, 1.82) is 0 Å². The molecule has 0 saturated heterocycles. The van der Waals surface area contributed by atoms with Gasteiger partial charge in [0.1, 0.15) is 17.9 Å². The predicted octanol–water partition coefficient (Wildman–Crippen LogP) is 4.58. The third-order valence-electron chi connectivity index (χ3n) is 5.11. The molecule has 0 fully saturated rings. The highest BCUT2D eigenvalue weighted by molar-refractivity contribution is 7.92. The van der Waals surface area contributed by atoms with E-state index < -0.39 is 21.7 Å². The molecule has 1 unspecified atom stereocenters. The van der Waals surface area contributed by atoms with Crippen LogP contribution in [-0.4, -0.2) is 37.8 Å². The van der Waals surface area contributed by atoms with E-state index in [1.54, 1.807) is 42.8 Å². The molecule has 0 bridgehead atoms. The average molecular weight is 495 g/mol. The number of primary amides is 1. The summed E-state index contributed by atoms with van der Waals surface area (Å²) < 4.78 is 27.9. The zero-order chi connectivity index (χ0) is 25.3. The predicted molar refractivity (Wildman–Crippen MR) is 135 cm³/mol. The molecule has 1 atom stereocenters. The SMILES string of the molecule is Cc1cc(C(C)Oc2cc(C(N)=O)ccc2Nc2ncnc3cc(N=S(C)(C)=O)cc(C)c23)on1. The number of nitrogens with one attached hydrogen (secondary N) is 1. The van der Waals surface area contributed by atoms with Crippen LogP contribution in [0.3, 0.4) is 0 Å². The van der Waals surface area contributed by atoms with Crippen LogP contribution in [0, 0.1) is 13.8 Å². The molecule has 2 aromatic heterocycles. The van der Waals surface area contributed by atoms with Crippen LogP contribution in [0.15, 0.2) is 51.6 Å². The molecule has 4 rings (SSSR count). The number of amides is 1. The van der Waals surface area contributed by atoms with Gasteiger partial charge in [0.15, 0.2) is 11.9 Å². The Kier molecular flexibility index (Phi) is 6.44. The molecular weight excluding hydrogens is 468 g/mol. The Bertz CT molecular complexity index is 1550. The number of aromatic nitrogens is 3. The number of fused-ring (bicyclic) bond motifs is 1. The molecule has 0 aliphatic carbocycles. The first kappa shape index (κ1) is 24.1. The number of benzene rings is 2. The lowest BCUT2D eigenvalue weighted by molar-refractivity contribution is 0.0999. The molecule has 0 radical (unpaired) electrons. The lowest BCUT2D eigenvalue weighted by atomic mass is 10.1. The van der Waals surface area contributed by atoms with Crippen molar-refractivity contribution in [2.45, 2.75) is 26.9 Å². The van der Waals surface area contributed by atoms with Gasteiger partial charge >= 0.3 is 0 Å².